The molecule has 3 saturated carbocycles. The molecule has 0 spiro atoms. The van der Waals surface area contributed by atoms with Crippen molar-refractivity contribution >= 4 is 14.3 Å². The van der Waals surface area contributed by atoms with E-state index >= 15 is 0 Å². The summed E-state index contributed by atoms with van der Waals surface area (Å²) in [7, 11) is -1.73. The number of rotatable bonds is 3. The Morgan fingerprint density at radius 1 is 1.25 bits per heavy atom. The Labute approximate surface area is 98.3 Å². The second-order valence-corrected chi connectivity index (χ2v) is 11.9. The Hall–Kier alpha value is -0.353. The average Bonchev–Trinajstić information content (AvgIpc) is 1.90. The molecule has 0 radical (unpaired) electrons. The molecule has 3 fully saturated rings. The summed E-state index contributed by atoms with van der Waals surface area (Å²) in [5.41, 5.74) is -0.482. The van der Waals surface area contributed by atoms with Gasteiger partial charge in [-0.3, -0.25) is 4.79 Å². The van der Waals surface area contributed by atoms with Gasteiger partial charge in [-0.1, -0.05) is 20.8 Å². The van der Waals surface area contributed by atoms with Gasteiger partial charge in [0.05, 0.1) is 11.0 Å². The van der Waals surface area contributed by atoms with Gasteiger partial charge >= 0.3 is 5.97 Å². The first-order chi connectivity index (χ1) is 7.02. The van der Waals surface area contributed by atoms with E-state index in [1.807, 2.05) is 0 Å². The molecule has 1 N–H and O–H groups in total. The van der Waals surface area contributed by atoms with Crippen LogP contribution in [0.4, 0.5) is 0 Å². The van der Waals surface area contributed by atoms with Gasteiger partial charge < -0.3 is 9.53 Å². The van der Waals surface area contributed by atoms with Crippen LogP contribution in [0.2, 0.25) is 18.1 Å². The van der Waals surface area contributed by atoms with Gasteiger partial charge in [0, 0.05) is 0 Å². The minimum atomic E-state index is -1.73. The van der Waals surface area contributed by atoms with E-state index in [1.165, 1.54) is 0 Å². The Morgan fingerprint density at radius 3 is 2.00 bits per heavy atom. The molecule has 0 aromatic heterocycles. The van der Waals surface area contributed by atoms with Crippen molar-refractivity contribution < 1.29 is 14.3 Å². The topological polar surface area (TPSA) is 46.5 Å². The van der Waals surface area contributed by atoms with Crippen LogP contribution in [0.1, 0.15) is 40.0 Å². The second-order valence-electron chi connectivity index (χ2n) is 7.16. The first kappa shape index (κ1) is 12.1. The largest absolute Gasteiger partial charge is 0.481 e. The third kappa shape index (κ3) is 1.46. The molecule has 0 unspecified atom stereocenters. The number of aliphatic carboxylic acids is 1. The Balaban J connectivity index is 1.99. The Bertz CT molecular complexity index is 321. The second kappa shape index (κ2) is 2.90. The summed E-state index contributed by atoms with van der Waals surface area (Å²) in [6.07, 6.45) is 2.21. The van der Waals surface area contributed by atoms with Gasteiger partial charge in [-0.2, -0.15) is 0 Å². The lowest BCUT2D eigenvalue weighted by Crippen LogP contribution is -2.74. The van der Waals surface area contributed by atoms with Gasteiger partial charge in [0.15, 0.2) is 8.32 Å². The zero-order valence-corrected chi connectivity index (χ0v) is 11.9. The van der Waals surface area contributed by atoms with Crippen LogP contribution < -0.4 is 0 Å². The summed E-state index contributed by atoms with van der Waals surface area (Å²) in [6, 6.07) is 0. The van der Waals surface area contributed by atoms with E-state index in [0.717, 1.165) is 19.3 Å². The van der Waals surface area contributed by atoms with Crippen molar-refractivity contribution in [3.63, 3.8) is 0 Å². The van der Waals surface area contributed by atoms with E-state index in [-0.39, 0.29) is 10.6 Å². The zero-order valence-electron chi connectivity index (χ0n) is 10.9. The molecule has 3 aliphatic rings. The van der Waals surface area contributed by atoms with Gasteiger partial charge in [0.25, 0.3) is 0 Å². The van der Waals surface area contributed by atoms with Crippen LogP contribution in [0, 0.1) is 5.41 Å². The highest BCUT2D eigenvalue weighted by Gasteiger charge is 2.74. The number of carboxylic acid groups (broad SMARTS) is 1. The monoisotopic (exact) mass is 242 g/mol. The molecule has 3 aliphatic carbocycles. The van der Waals surface area contributed by atoms with Crippen molar-refractivity contribution in [2.45, 2.75) is 63.8 Å². The SMILES string of the molecule is CC(C)(C)[Si](C)(C)OC12CC(C(=O)O)(C1)C2. The molecule has 0 aromatic carbocycles. The molecule has 2 bridgehead atoms. The third-order valence-electron chi connectivity index (χ3n) is 4.71. The van der Waals surface area contributed by atoms with Crippen LogP contribution in [0.5, 0.6) is 0 Å². The fraction of sp³-hybridized carbons (Fsp3) is 0.917. The molecule has 0 aromatic rings. The van der Waals surface area contributed by atoms with E-state index in [0.29, 0.717) is 0 Å². The summed E-state index contributed by atoms with van der Waals surface area (Å²) in [5, 5.41) is 9.27. The molecule has 4 heteroatoms. The van der Waals surface area contributed by atoms with Crippen molar-refractivity contribution in [2.75, 3.05) is 0 Å². The standard InChI is InChI=1S/C12H22O3Si/c1-10(2,3)16(4,5)15-12-6-11(7-12,8-12)9(13)14/h6-8H2,1-5H3,(H,13,14). The van der Waals surface area contributed by atoms with Gasteiger partial charge in [0.2, 0.25) is 0 Å². The maximum atomic E-state index is 11.0. The quantitative estimate of drug-likeness (QED) is 0.774. The molecule has 3 rings (SSSR count). The molecule has 0 heterocycles. The zero-order chi connectivity index (χ0) is 12.4. The van der Waals surface area contributed by atoms with Crippen LogP contribution >= 0.6 is 0 Å². The van der Waals surface area contributed by atoms with E-state index in [4.69, 9.17) is 9.53 Å². The first-order valence-corrected chi connectivity index (χ1v) is 8.87. The van der Waals surface area contributed by atoms with Gasteiger partial charge in [-0.25, -0.2) is 0 Å². The predicted molar refractivity (Wildman–Crippen MR) is 64.9 cm³/mol. The van der Waals surface area contributed by atoms with Gasteiger partial charge in [0.1, 0.15) is 0 Å². The van der Waals surface area contributed by atoms with Gasteiger partial charge in [-0.05, 0) is 37.4 Å². The van der Waals surface area contributed by atoms with Crippen molar-refractivity contribution in [1.29, 1.82) is 0 Å². The molecule has 3 nitrogen and oxygen atoms in total. The summed E-state index contributed by atoms with van der Waals surface area (Å²) in [5.74, 6) is -0.631. The van der Waals surface area contributed by atoms with Crippen LogP contribution in [0.25, 0.3) is 0 Å². The van der Waals surface area contributed by atoms with Crippen LogP contribution in [-0.2, 0) is 9.22 Å². The molecule has 0 amide bonds. The lowest BCUT2D eigenvalue weighted by Gasteiger charge is -2.69. The number of carbonyl (C=O) groups is 1. The number of carboxylic acids is 1. The summed E-state index contributed by atoms with van der Waals surface area (Å²) >= 11 is 0. The summed E-state index contributed by atoms with van der Waals surface area (Å²) in [4.78, 5) is 11.0. The molecular formula is C12H22O3Si. The third-order valence-corrected chi connectivity index (χ3v) is 9.27. The number of hydrogen-bond donors (Lipinski definition) is 1. The Kier molecular flexibility index (Phi) is 2.20. The molecule has 16 heavy (non-hydrogen) atoms. The predicted octanol–water partition coefficient (Wildman–Crippen LogP) is 3.02. The number of hydrogen-bond acceptors (Lipinski definition) is 2. The Morgan fingerprint density at radius 2 is 1.69 bits per heavy atom. The molecule has 0 aliphatic heterocycles. The average molecular weight is 242 g/mol. The highest BCUT2D eigenvalue weighted by molar-refractivity contribution is 6.74. The molecule has 0 atom stereocenters. The van der Waals surface area contributed by atoms with Crippen molar-refractivity contribution in [3.8, 4) is 0 Å². The normalized spacial score (nSPS) is 37.6. The fourth-order valence-electron chi connectivity index (χ4n) is 2.72. The summed E-state index contributed by atoms with van der Waals surface area (Å²) in [6.45, 7) is 11.1. The van der Waals surface area contributed by atoms with Crippen molar-refractivity contribution in [3.05, 3.63) is 0 Å². The maximum Gasteiger partial charge on any atom is 0.309 e. The molecular weight excluding hydrogens is 220 g/mol. The lowest BCUT2D eigenvalue weighted by molar-refractivity contribution is -0.252. The smallest absolute Gasteiger partial charge is 0.309 e. The van der Waals surface area contributed by atoms with Crippen LogP contribution in [0.3, 0.4) is 0 Å². The van der Waals surface area contributed by atoms with Crippen LogP contribution in [0.15, 0.2) is 0 Å². The maximum absolute atomic E-state index is 11.0. The van der Waals surface area contributed by atoms with Crippen LogP contribution in [-0.4, -0.2) is 25.0 Å². The van der Waals surface area contributed by atoms with Gasteiger partial charge in [-0.15, -0.1) is 0 Å². The minimum absolute atomic E-state index is 0.0681. The minimum Gasteiger partial charge on any atom is -0.481 e. The van der Waals surface area contributed by atoms with Crippen molar-refractivity contribution in [2.24, 2.45) is 5.41 Å². The molecule has 0 saturated heterocycles. The van der Waals surface area contributed by atoms with Crippen molar-refractivity contribution in [1.82, 2.24) is 0 Å². The summed E-state index contributed by atoms with van der Waals surface area (Å²) < 4.78 is 6.34. The molecule has 92 valence electrons. The van der Waals surface area contributed by atoms with E-state index in [2.05, 4.69) is 33.9 Å². The lowest BCUT2D eigenvalue weighted by atomic mass is 9.41. The first-order valence-electron chi connectivity index (χ1n) is 5.96. The van der Waals surface area contributed by atoms with E-state index in [1.54, 1.807) is 0 Å². The van der Waals surface area contributed by atoms with E-state index in [9.17, 15) is 4.79 Å². The fourth-order valence-corrected chi connectivity index (χ4v) is 4.33. The highest BCUT2D eigenvalue weighted by Crippen LogP contribution is 2.70. The highest BCUT2D eigenvalue weighted by atomic mass is 28.4. The van der Waals surface area contributed by atoms with E-state index < -0.39 is 19.7 Å².